The lowest BCUT2D eigenvalue weighted by atomic mass is 10.1. The lowest BCUT2D eigenvalue weighted by molar-refractivity contribution is -0.138. The van der Waals surface area contributed by atoms with Gasteiger partial charge in [0.25, 0.3) is 0 Å². The van der Waals surface area contributed by atoms with Gasteiger partial charge in [-0.15, -0.1) is 0 Å². The molecule has 0 heterocycles. The first-order valence-corrected chi connectivity index (χ1v) is 9.76. The van der Waals surface area contributed by atoms with Crippen LogP contribution in [0.2, 0.25) is 5.02 Å². The number of amides is 2. The number of halogens is 10. The van der Waals surface area contributed by atoms with Gasteiger partial charge in [0.15, 0.2) is 5.75 Å². The van der Waals surface area contributed by atoms with Gasteiger partial charge in [0.2, 0.25) is 0 Å². The third-order valence-electron chi connectivity index (χ3n) is 3.56. The van der Waals surface area contributed by atoms with Crippen LogP contribution in [0.4, 0.5) is 55.7 Å². The van der Waals surface area contributed by atoms with Crippen LogP contribution in [0.3, 0.4) is 0 Å². The molecule has 2 aromatic rings. The molecule has 0 fully saturated rings. The highest BCUT2D eigenvalue weighted by Crippen LogP contribution is 2.40. The summed E-state index contributed by atoms with van der Waals surface area (Å²) in [6.07, 6.45) is -10.3. The highest BCUT2D eigenvalue weighted by atomic mass is 35.5. The quantitative estimate of drug-likeness (QED) is 0.278. The first-order valence-electron chi connectivity index (χ1n) is 7.98. The van der Waals surface area contributed by atoms with Gasteiger partial charge in [-0.1, -0.05) is 11.6 Å². The van der Waals surface area contributed by atoms with Crippen LogP contribution in [0.15, 0.2) is 36.4 Å². The summed E-state index contributed by atoms with van der Waals surface area (Å²) < 4.78 is 141. The average molecular weight is 531 g/mol. The van der Waals surface area contributed by atoms with Gasteiger partial charge in [-0.2, -0.15) is 47.9 Å². The summed E-state index contributed by atoms with van der Waals surface area (Å²) in [5, 5.41) is 3.01. The molecule has 0 atom stereocenters. The van der Waals surface area contributed by atoms with Crippen molar-refractivity contribution in [2.75, 3.05) is 10.6 Å². The van der Waals surface area contributed by atoms with Crippen molar-refractivity contribution in [3.8, 4) is 5.75 Å². The second kappa shape index (κ2) is 8.81. The molecular weight excluding hydrogens is 523 g/mol. The molecule has 17 heteroatoms. The molecule has 0 radical (unpaired) electrons. The minimum atomic E-state index is -6.43. The van der Waals surface area contributed by atoms with E-state index in [0.717, 1.165) is 12.1 Å². The Bertz CT molecular complexity index is 1160. The van der Waals surface area contributed by atoms with Crippen molar-refractivity contribution in [1.82, 2.24) is 0 Å². The molecule has 0 spiro atoms. The van der Waals surface area contributed by atoms with E-state index in [1.165, 1.54) is 0 Å². The Labute approximate surface area is 183 Å². The fraction of sp³-hybridized carbons (Fsp3) is 0.188. The van der Waals surface area contributed by atoms with Crippen molar-refractivity contribution >= 4 is 39.1 Å². The Morgan fingerprint density at radius 3 is 1.70 bits per heavy atom. The van der Waals surface area contributed by atoms with Crippen molar-refractivity contribution < 1.29 is 56.9 Å². The van der Waals surface area contributed by atoms with E-state index in [4.69, 9.17) is 11.6 Å². The van der Waals surface area contributed by atoms with Crippen molar-refractivity contribution in [3.63, 3.8) is 0 Å². The molecule has 2 aromatic carbocycles. The predicted molar refractivity (Wildman–Crippen MR) is 96.1 cm³/mol. The van der Waals surface area contributed by atoms with Crippen molar-refractivity contribution in [2.24, 2.45) is 0 Å². The topological polar surface area (TPSA) is 84.5 Å². The van der Waals surface area contributed by atoms with Gasteiger partial charge in [0, 0.05) is 11.4 Å². The second-order valence-corrected chi connectivity index (χ2v) is 7.91. The number of anilines is 2. The Hall–Kier alpha value is -2.88. The minimum absolute atomic E-state index is 0.0593. The fourth-order valence-electron chi connectivity index (χ4n) is 2.18. The summed E-state index contributed by atoms with van der Waals surface area (Å²) in [6.45, 7) is 0. The summed E-state index contributed by atoms with van der Waals surface area (Å²) in [5.74, 6) is -1.72. The maximum Gasteiger partial charge on any atom is 0.534 e. The third kappa shape index (κ3) is 6.56. The van der Waals surface area contributed by atoms with Gasteiger partial charge in [-0.3, -0.25) is 0 Å². The summed E-state index contributed by atoms with van der Waals surface area (Å²) in [5.41, 5.74) is -10.5. The number of carbonyl (C=O) groups excluding carboxylic acids is 1. The standard InChI is InChI=1S/C16H8ClF9N2O4S/c17-11-3-1-7(5-9(11)14(18,19)20)27-13(29)28-8-2-4-12(10(6-8)15(21,22)23)32-33(30,31)16(24,25)26/h1-6H,(H2,27,28,29). The van der Waals surface area contributed by atoms with Crippen LogP contribution in [-0.4, -0.2) is 20.0 Å². The average Bonchev–Trinajstić information content (AvgIpc) is 2.61. The van der Waals surface area contributed by atoms with Crippen LogP contribution >= 0.6 is 11.6 Å². The Morgan fingerprint density at radius 2 is 1.24 bits per heavy atom. The monoisotopic (exact) mass is 530 g/mol. The Morgan fingerprint density at radius 1 is 0.788 bits per heavy atom. The van der Waals surface area contributed by atoms with Crippen molar-refractivity contribution in [3.05, 3.63) is 52.5 Å². The molecule has 33 heavy (non-hydrogen) atoms. The number of hydrogen-bond acceptors (Lipinski definition) is 4. The molecule has 0 aliphatic heterocycles. The van der Waals surface area contributed by atoms with E-state index in [-0.39, 0.29) is 12.1 Å². The van der Waals surface area contributed by atoms with Crippen LogP contribution in [0, 0.1) is 0 Å². The SMILES string of the molecule is O=C(Nc1ccc(Cl)c(C(F)(F)F)c1)Nc1ccc(OS(=O)(=O)C(F)(F)F)c(C(F)(F)F)c1. The highest BCUT2D eigenvalue weighted by molar-refractivity contribution is 7.88. The summed E-state index contributed by atoms with van der Waals surface area (Å²) in [7, 11) is -6.43. The van der Waals surface area contributed by atoms with Crippen LogP contribution in [0.5, 0.6) is 5.75 Å². The van der Waals surface area contributed by atoms with Gasteiger partial charge < -0.3 is 14.8 Å². The lowest BCUT2D eigenvalue weighted by Crippen LogP contribution is -2.29. The minimum Gasteiger partial charge on any atom is -0.375 e. The van der Waals surface area contributed by atoms with E-state index >= 15 is 0 Å². The third-order valence-corrected chi connectivity index (χ3v) is 4.85. The molecule has 2 rings (SSSR count). The van der Waals surface area contributed by atoms with Crippen molar-refractivity contribution in [1.29, 1.82) is 0 Å². The number of carbonyl (C=O) groups is 1. The molecule has 0 bridgehead atoms. The van der Waals surface area contributed by atoms with Crippen LogP contribution in [0.1, 0.15) is 11.1 Å². The van der Waals surface area contributed by atoms with E-state index in [2.05, 4.69) is 4.18 Å². The van der Waals surface area contributed by atoms with Gasteiger partial charge >= 0.3 is 34.0 Å². The number of urea groups is 1. The summed E-state index contributed by atoms with van der Waals surface area (Å²) in [6, 6.07) is 1.69. The first-order chi connectivity index (χ1) is 14.8. The van der Waals surface area contributed by atoms with Crippen LogP contribution in [-0.2, 0) is 22.5 Å². The largest absolute Gasteiger partial charge is 0.534 e. The number of rotatable bonds is 4. The zero-order valence-corrected chi connectivity index (χ0v) is 16.9. The van der Waals surface area contributed by atoms with Crippen LogP contribution in [0.25, 0.3) is 0 Å². The van der Waals surface area contributed by atoms with E-state index < -0.39 is 67.3 Å². The number of benzene rings is 2. The molecular formula is C16H8ClF9N2O4S. The highest BCUT2D eigenvalue weighted by Gasteiger charge is 2.49. The molecule has 0 saturated heterocycles. The summed E-state index contributed by atoms with van der Waals surface area (Å²) >= 11 is 5.42. The zero-order chi connectivity index (χ0) is 25.4. The lowest BCUT2D eigenvalue weighted by Gasteiger charge is -2.16. The molecule has 0 saturated carbocycles. The Kier molecular flexibility index (Phi) is 7.04. The molecule has 0 aliphatic carbocycles. The van der Waals surface area contributed by atoms with E-state index in [0.29, 0.717) is 12.1 Å². The zero-order valence-electron chi connectivity index (χ0n) is 15.3. The molecule has 0 unspecified atom stereocenters. The number of nitrogens with one attached hydrogen (secondary N) is 2. The molecule has 2 amide bonds. The Balaban J connectivity index is 2.29. The second-order valence-electron chi connectivity index (χ2n) is 5.96. The smallest absolute Gasteiger partial charge is 0.375 e. The van der Waals surface area contributed by atoms with E-state index in [1.54, 1.807) is 5.32 Å². The number of alkyl halides is 9. The number of hydrogen-bond donors (Lipinski definition) is 2. The molecule has 182 valence electrons. The maximum atomic E-state index is 13.2. The summed E-state index contributed by atoms with van der Waals surface area (Å²) in [4.78, 5) is 11.9. The normalized spacial score (nSPS) is 12.9. The van der Waals surface area contributed by atoms with Gasteiger partial charge in [0.1, 0.15) is 5.56 Å². The fourth-order valence-corrected chi connectivity index (χ4v) is 2.88. The van der Waals surface area contributed by atoms with Gasteiger partial charge in [0.05, 0.1) is 10.6 Å². The first kappa shape index (κ1) is 26.4. The maximum absolute atomic E-state index is 13.2. The van der Waals surface area contributed by atoms with Crippen LogP contribution < -0.4 is 14.8 Å². The molecule has 0 aliphatic rings. The molecule has 6 nitrogen and oxygen atoms in total. The predicted octanol–water partition coefficient (Wildman–Crippen LogP) is 6.25. The van der Waals surface area contributed by atoms with Gasteiger partial charge in [-0.25, -0.2) is 4.79 Å². The molecule has 0 aromatic heterocycles. The molecule has 2 N–H and O–H groups in total. The van der Waals surface area contributed by atoms with Crippen molar-refractivity contribution in [2.45, 2.75) is 17.9 Å². The van der Waals surface area contributed by atoms with Gasteiger partial charge in [-0.05, 0) is 36.4 Å². The van der Waals surface area contributed by atoms with E-state index in [1.807, 2.05) is 5.32 Å². The van der Waals surface area contributed by atoms with E-state index in [9.17, 15) is 52.7 Å².